The Labute approximate surface area is 201 Å². The van der Waals surface area contributed by atoms with E-state index in [4.69, 9.17) is 10.5 Å². The van der Waals surface area contributed by atoms with Gasteiger partial charge in [-0.05, 0) is 43.5 Å². The summed E-state index contributed by atoms with van der Waals surface area (Å²) in [5.74, 6) is 1.55. The Morgan fingerprint density at radius 1 is 1.26 bits per heavy atom. The van der Waals surface area contributed by atoms with Gasteiger partial charge >= 0.3 is 0 Å². The van der Waals surface area contributed by atoms with Crippen molar-refractivity contribution in [2.45, 2.75) is 30.7 Å². The highest BCUT2D eigenvalue weighted by atomic mass is 32.2. The van der Waals surface area contributed by atoms with Gasteiger partial charge in [-0.15, -0.1) is 11.8 Å². The number of amides is 2. The first-order valence-corrected chi connectivity index (χ1v) is 12.0. The fourth-order valence-corrected chi connectivity index (χ4v) is 4.35. The Morgan fingerprint density at radius 2 is 2.15 bits per heavy atom. The predicted molar refractivity (Wildman–Crippen MR) is 133 cm³/mol. The quantitative estimate of drug-likeness (QED) is 0.485. The van der Waals surface area contributed by atoms with E-state index in [1.54, 1.807) is 25.4 Å². The Hall–Kier alpha value is -3.50. The van der Waals surface area contributed by atoms with Gasteiger partial charge in [-0.2, -0.15) is 0 Å². The third-order valence-corrected chi connectivity index (χ3v) is 6.41. The number of hydrogen-bond acceptors (Lipinski definition) is 8. The minimum Gasteiger partial charge on any atom is -0.481 e. The van der Waals surface area contributed by atoms with Gasteiger partial charge in [0.25, 0.3) is 0 Å². The number of thioether (sulfide) groups is 1. The third-order valence-electron chi connectivity index (χ3n) is 5.36. The highest BCUT2D eigenvalue weighted by Gasteiger charge is 2.19. The first-order valence-electron chi connectivity index (χ1n) is 11.0. The summed E-state index contributed by atoms with van der Waals surface area (Å²) in [6.07, 6.45) is 8.72. The summed E-state index contributed by atoms with van der Waals surface area (Å²) in [5, 5.41) is 5.67. The number of hydrogen-bond donors (Lipinski definition) is 3. The van der Waals surface area contributed by atoms with Gasteiger partial charge in [-0.1, -0.05) is 12.2 Å². The van der Waals surface area contributed by atoms with Crippen LogP contribution in [0.15, 0.2) is 53.6 Å². The van der Waals surface area contributed by atoms with Crippen molar-refractivity contribution >= 4 is 46.1 Å². The third kappa shape index (κ3) is 5.70. The van der Waals surface area contributed by atoms with E-state index in [0.29, 0.717) is 35.2 Å². The highest BCUT2D eigenvalue weighted by Crippen LogP contribution is 2.29. The fourth-order valence-electron chi connectivity index (χ4n) is 3.60. The minimum absolute atomic E-state index is 0.000767. The van der Waals surface area contributed by atoms with Crippen molar-refractivity contribution in [1.29, 1.82) is 0 Å². The van der Waals surface area contributed by atoms with Crippen LogP contribution in [0.3, 0.4) is 0 Å². The molecule has 2 aliphatic rings. The second kappa shape index (κ2) is 11.1. The molecule has 5 rings (SSSR count). The van der Waals surface area contributed by atoms with E-state index in [0.717, 1.165) is 35.4 Å². The summed E-state index contributed by atoms with van der Waals surface area (Å²) in [6.45, 7) is 0.397. The molecule has 4 N–H and O–H groups in total. The summed E-state index contributed by atoms with van der Waals surface area (Å²) in [7, 11) is 1.57. The monoisotopic (exact) mass is 478 g/mol. The van der Waals surface area contributed by atoms with Crippen LogP contribution in [0.5, 0.6) is 5.88 Å². The number of allylic oxidation sites excluding steroid dienone is 1. The predicted octanol–water partition coefficient (Wildman–Crippen LogP) is 3.52. The van der Waals surface area contributed by atoms with Gasteiger partial charge in [0.15, 0.2) is 0 Å². The second-order valence-electron chi connectivity index (χ2n) is 7.72. The summed E-state index contributed by atoms with van der Waals surface area (Å²) in [4.78, 5) is 37.2. The molecule has 1 atom stereocenters. The van der Waals surface area contributed by atoms with Crippen molar-refractivity contribution in [1.82, 2.24) is 15.0 Å². The van der Waals surface area contributed by atoms with Gasteiger partial charge in [0, 0.05) is 18.8 Å². The zero-order valence-corrected chi connectivity index (χ0v) is 19.6. The van der Waals surface area contributed by atoms with Crippen LogP contribution in [0.1, 0.15) is 25.0 Å². The van der Waals surface area contributed by atoms with Crippen LogP contribution in [0, 0.1) is 5.92 Å². The summed E-state index contributed by atoms with van der Waals surface area (Å²) in [5.41, 5.74) is 8.27. The Balaban J connectivity index is 0.000000180. The van der Waals surface area contributed by atoms with E-state index < -0.39 is 0 Å². The second-order valence-corrected chi connectivity index (χ2v) is 8.74. The molecule has 10 heteroatoms. The average molecular weight is 479 g/mol. The van der Waals surface area contributed by atoms with Gasteiger partial charge in [0.2, 0.25) is 17.7 Å². The number of pyridine rings is 3. The molecule has 1 aliphatic heterocycles. The largest absolute Gasteiger partial charge is 0.481 e. The summed E-state index contributed by atoms with van der Waals surface area (Å²) in [6, 6.07) is 9.17. The van der Waals surface area contributed by atoms with Gasteiger partial charge in [0.05, 0.1) is 40.6 Å². The van der Waals surface area contributed by atoms with Gasteiger partial charge in [-0.3, -0.25) is 14.6 Å². The Kier molecular flexibility index (Phi) is 7.71. The van der Waals surface area contributed by atoms with Crippen LogP contribution in [0.4, 0.5) is 11.5 Å². The molecule has 0 bridgehead atoms. The normalized spacial score (nSPS) is 16.6. The number of aromatic nitrogens is 3. The van der Waals surface area contributed by atoms with E-state index in [1.165, 1.54) is 11.8 Å². The molecule has 0 saturated heterocycles. The Bertz CT molecular complexity index is 1230. The van der Waals surface area contributed by atoms with E-state index >= 15 is 0 Å². The van der Waals surface area contributed by atoms with Crippen LogP contribution in [0.2, 0.25) is 0 Å². The lowest BCUT2D eigenvalue weighted by Gasteiger charge is -2.16. The van der Waals surface area contributed by atoms with Crippen LogP contribution < -0.4 is 21.1 Å². The van der Waals surface area contributed by atoms with Crippen LogP contribution in [-0.4, -0.2) is 39.6 Å². The standard InChI is InChI=1S/C16H17N3O2.C8H9N3OS/c1-21-14-8-7-12-15(19-14)13(9-10-17-12)18-16(20)11-5-3-2-4-6-11;9-3-5-1-2-6-8(10-5)11-7(12)4-13-6/h3,5,7-11H,2,4,6H2,1H3,(H,17,18,20);1-2H,3-4,9H2,(H,10,11,12). The number of ether oxygens (including phenoxy) is 1. The number of nitrogens with one attached hydrogen (secondary N) is 2. The number of carbonyl (C=O) groups excluding carboxylic acids is 2. The van der Waals surface area contributed by atoms with Crippen LogP contribution >= 0.6 is 11.8 Å². The summed E-state index contributed by atoms with van der Waals surface area (Å²) >= 11 is 1.50. The Morgan fingerprint density at radius 3 is 2.91 bits per heavy atom. The molecule has 0 spiro atoms. The molecule has 34 heavy (non-hydrogen) atoms. The molecule has 176 valence electrons. The molecule has 1 unspecified atom stereocenters. The zero-order chi connectivity index (χ0) is 23.9. The molecular weight excluding hydrogens is 452 g/mol. The number of nitrogens with zero attached hydrogens (tertiary/aromatic N) is 3. The molecule has 9 nitrogen and oxygen atoms in total. The van der Waals surface area contributed by atoms with Crippen molar-refractivity contribution in [2.24, 2.45) is 11.7 Å². The molecule has 0 radical (unpaired) electrons. The molecule has 0 fully saturated rings. The number of methoxy groups -OCH3 is 1. The topological polar surface area (TPSA) is 132 Å². The van der Waals surface area contributed by atoms with E-state index in [2.05, 4.69) is 31.7 Å². The van der Waals surface area contributed by atoms with E-state index in [9.17, 15) is 9.59 Å². The average Bonchev–Trinajstić information content (AvgIpc) is 2.89. The molecular formula is C24H26N6O3S. The lowest BCUT2D eigenvalue weighted by atomic mass is 9.95. The van der Waals surface area contributed by atoms with Crippen molar-refractivity contribution in [3.63, 3.8) is 0 Å². The smallest absolute Gasteiger partial charge is 0.235 e. The maximum Gasteiger partial charge on any atom is 0.235 e. The zero-order valence-electron chi connectivity index (χ0n) is 18.8. The number of nitrogens with two attached hydrogens (primary N) is 1. The van der Waals surface area contributed by atoms with E-state index in [1.807, 2.05) is 24.3 Å². The number of carbonyl (C=O) groups is 2. The molecule has 0 saturated carbocycles. The fraction of sp³-hybridized carbons (Fsp3) is 0.292. The first kappa shape index (κ1) is 23.7. The maximum absolute atomic E-state index is 12.3. The summed E-state index contributed by atoms with van der Waals surface area (Å²) < 4.78 is 5.14. The number of rotatable bonds is 4. The molecule has 1 aliphatic carbocycles. The molecule has 3 aromatic rings. The lowest BCUT2D eigenvalue weighted by molar-refractivity contribution is -0.118. The minimum atomic E-state index is -0.0624. The van der Waals surface area contributed by atoms with Crippen molar-refractivity contribution in [3.05, 3.63) is 54.4 Å². The number of fused-ring (bicyclic) bond motifs is 2. The highest BCUT2D eigenvalue weighted by molar-refractivity contribution is 8.00. The van der Waals surface area contributed by atoms with Gasteiger partial charge in [0.1, 0.15) is 11.3 Å². The van der Waals surface area contributed by atoms with Crippen LogP contribution in [0.25, 0.3) is 11.0 Å². The molecule has 3 aromatic heterocycles. The van der Waals surface area contributed by atoms with Crippen molar-refractivity contribution < 1.29 is 14.3 Å². The first-order chi connectivity index (χ1) is 16.6. The molecule has 2 amide bonds. The van der Waals surface area contributed by atoms with Crippen molar-refractivity contribution in [3.8, 4) is 5.88 Å². The molecule has 0 aromatic carbocycles. The maximum atomic E-state index is 12.3. The van der Waals surface area contributed by atoms with Crippen molar-refractivity contribution in [2.75, 3.05) is 23.5 Å². The molecule has 4 heterocycles. The van der Waals surface area contributed by atoms with Gasteiger partial charge in [-0.25, -0.2) is 9.97 Å². The lowest BCUT2D eigenvalue weighted by Crippen LogP contribution is -2.22. The SMILES string of the molecule is COc1ccc2nccc(NC(=O)C3C=CCCC3)c2n1.NCc1ccc2c(n1)NC(=O)CS2. The van der Waals surface area contributed by atoms with Crippen LogP contribution in [-0.2, 0) is 16.1 Å². The van der Waals surface area contributed by atoms with E-state index in [-0.39, 0.29) is 17.7 Å². The number of anilines is 2. The van der Waals surface area contributed by atoms with Gasteiger partial charge < -0.3 is 21.1 Å².